The van der Waals surface area contributed by atoms with Crippen LogP contribution < -0.4 is 11.2 Å². The summed E-state index contributed by atoms with van der Waals surface area (Å²) in [6, 6.07) is 0.997. The molecule has 0 amide bonds. The lowest BCUT2D eigenvalue weighted by Gasteiger charge is -2.04. The first kappa shape index (κ1) is 9.57. The molecule has 2 N–H and O–H groups in total. The Labute approximate surface area is 74.7 Å². The Morgan fingerprint density at radius 1 is 1.54 bits per heavy atom. The molecule has 0 aliphatic carbocycles. The highest BCUT2D eigenvalue weighted by Crippen LogP contribution is 2.01. The zero-order chi connectivity index (χ0) is 9.84. The molecule has 0 saturated carbocycles. The van der Waals surface area contributed by atoms with Crippen LogP contribution in [0.15, 0.2) is 15.7 Å². The molecule has 1 rings (SSSR count). The van der Waals surface area contributed by atoms with Gasteiger partial charge in [-0.25, -0.2) is 4.79 Å². The van der Waals surface area contributed by atoms with Gasteiger partial charge in [0.25, 0.3) is 5.56 Å². The van der Waals surface area contributed by atoms with Crippen LogP contribution in [0.4, 0.5) is 0 Å². The van der Waals surface area contributed by atoms with Crippen LogP contribution in [0.1, 0.15) is 19.8 Å². The van der Waals surface area contributed by atoms with Crippen molar-refractivity contribution in [3.8, 4) is 5.88 Å². The third-order valence-corrected chi connectivity index (χ3v) is 1.75. The van der Waals surface area contributed by atoms with Gasteiger partial charge in [0.05, 0.1) is 6.07 Å². The van der Waals surface area contributed by atoms with Gasteiger partial charge in [-0.2, -0.15) is 0 Å². The van der Waals surface area contributed by atoms with Gasteiger partial charge in [-0.3, -0.25) is 14.3 Å². The van der Waals surface area contributed by atoms with Gasteiger partial charge in [0.2, 0.25) is 5.88 Å². The molecule has 1 heterocycles. The lowest BCUT2D eigenvalue weighted by molar-refractivity contribution is 0.395. The summed E-state index contributed by atoms with van der Waals surface area (Å²) in [7, 11) is 0. The monoisotopic (exact) mass is 184 g/mol. The summed E-state index contributed by atoms with van der Waals surface area (Å²) in [6.45, 7) is 2.41. The van der Waals surface area contributed by atoms with Crippen LogP contribution in [0, 0.1) is 0 Å². The minimum Gasteiger partial charge on any atom is -0.494 e. The minimum absolute atomic E-state index is 0.276. The van der Waals surface area contributed by atoms with Gasteiger partial charge in [0, 0.05) is 6.54 Å². The van der Waals surface area contributed by atoms with Crippen LogP contribution in [0.5, 0.6) is 5.88 Å². The summed E-state index contributed by atoms with van der Waals surface area (Å²) in [5.41, 5.74) is -1.13. The maximum Gasteiger partial charge on any atom is 0.331 e. The summed E-state index contributed by atoms with van der Waals surface area (Å²) in [5, 5.41) is 9.24. The molecule has 0 spiro atoms. The van der Waals surface area contributed by atoms with Crippen molar-refractivity contribution in [2.24, 2.45) is 0 Å². The first-order valence-electron chi connectivity index (χ1n) is 4.18. The van der Waals surface area contributed by atoms with E-state index in [9.17, 15) is 14.7 Å². The molecule has 1 aromatic rings. The quantitative estimate of drug-likeness (QED) is 0.696. The Morgan fingerprint density at radius 2 is 2.23 bits per heavy atom. The van der Waals surface area contributed by atoms with E-state index >= 15 is 0 Å². The fourth-order valence-corrected chi connectivity index (χ4v) is 1.04. The van der Waals surface area contributed by atoms with Crippen molar-refractivity contribution in [1.29, 1.82) is 0 Å². The van der Waals surface area contributed by atoms with Gasteiger partial charge >= 0.3 is 5.69 Å². The van der Waals surface area contributed by atoms with E-state index in [2.05, 4.69) is 4.98 Å². The van der Waals surface area contributed by atoms with Gasteiger partial charge in [-0.15, -0.1) is 0 Å². The van der Waals surface area contributed by atoms with Crippen molar-refractivity contribution in [2.45, 2.75) is 26.3 Å². The highest BCUT2D eigenvalue weighted by molar-refractivity contribution is 5.05. The topological polar surface area (TPSA) is 75.1 Å². The van der Waals surface area contributed by atoms with Gasteiger partial charge in [-0.05, 0) is 6.42 Å². The molecule has 0 radical (unpaired) electrons. The average Bonchev–Trinajstić information content (AvgIpc) is 2.02. The molecule has 0 atom stereocenters. The van der Waals surface area contributed by atoms with E-state index in [4.69, 9.17) is 0 Å². The van der Waals surface area contributed by atoms with Crippen LogP contribution in [0.3, 0.4) is 0 Å². The summed E-state index contributed by atoms with van der Waals surface area (Å²) in [6.07, 6.45) is 1.71. The van der Waals surface area contributed by atoms with Crippen molar-refractivity contribution in [1.82, 2.24) is 9.55 Å². The van der Waals surface area contributed by atoms with E-state index in [1.165, 1.54) is 0 Å². The van der Waals surface area contributed by atoms with Gasteiger partial charge in [0.15, 0.2) is 0 Å². The average molecular weight is 184 g/mol. The van der Waals surface area contributed by atoms with Crippen LogP contribution in [-0.4, -0.2) is 14.7 Å². The number of nitrogens with zero attached hydrogens (tertiary/aromatic N) is 1. The number of aromatic hydroxyl groups is 1. The van der Waals surface area contributed by atoms with Gasteiger partial charge < -0.3 is 5.11 Å². The van der Waals surface area contributed by atoms with Gasteiger partial charge in [-0.1, -0.05) is 13.3 Å². The number of hydrogen-bond donors (Lipinski definition) is 2. The Kier molecular flexibility index (Phi) is 2.89. The van der Waals surface area contributed by atoms with E-state index in [1.54, 1.807) is 0 Å². The molecule has 0 aliphatic rings. The van der Waals surface area contributed by atoms with Crippen molar-refractivity contribution in [3.63, 3.8) is 0 Å². The molecule has 0 aliphatic heterocycles. The lowest BCUT2D eigenvalue weighted by atomic mass is 10.3. The maximum atomic E-state index is 11.1. The molecule has 0 fully saturated rings. The molecule has 5 heteroatoms. The number of aromatic nitrogens is 2. The van der Waals surface area contributed by atoms with Crippen LogP contribution in [-0.2, 0) is 6.54 Å². The zero-order valence-corrected chi connectivity index (χ0v) is 7.41. The SMILES string of the molecule is CCCCn1c(O)cc(=O)[nH]c1=O. The van der Waals surface area contributed by atoms with Crippen molar-refractivity contribution >= 4 is 0 Å². The van der Waals surface area contributed by atoms with E-state index in [-0.39, 0.29) is 5.88 Å². The van der Waals surface area contributed by atoms with Crippen LogP contribution >= 0.6 is 0 Å². The summed E-state index contributed by atoms with van der Waals surface area (Å²) < 4.78 is 1.14. The smallest absolute Gasteiger partial charge is 0.331 e. The highest BCUT2D eigenvalue weighted by atomic mass is 16.3. The molecule has 0 saturated heterocycles. The summed E-state index contributed by atoms with van der Waals surface area (Å²) in [4.78, 5) is 23.9. The molecule has 0 bridgehead atoms. The van der Waals surface area contributed by atoms with Gasteiger partial charge in [0.1, 0.15) is 0 Å². The molecule has 5 nitrogen and oxygen atoms in total. The van der Waals surface area contributed by atoms with Crippen molar-refractivity contribution < 1.29 is 5.11 Å². The Morgan fingerprint density at radius 3 is 2.77 bits per heavy atom. The second-order valence-corrected chi connectivity index (χ2v) is 2.80. The molecular formula is C8H12N2O3. The molecule has 72 valence electrons. The normalized spacial score (nSPS) is 10.2. The second-order valence-electron chi connectivity index (χ2n) is 2.80. The van der Waals surface area contributed by atoms with E-state index < -0.39 is 11.2 Å². The molecule has 1 aromatic heterocycles. The maximum absolute atomic E-state index is 11.1. The Bertz CT molecular complexity index is 391. The van der Waals surface area contributed by atoms with Crippen molar-refractivity contribution in [3.05, 3.63) is 26.9 Å². The third-order valence-electron chi connectivity index (χ3n) is 1.75. The first-order valence-corrected chi connectivity index (χ1v) is 4.18. The minimum atomic E-state index is -0.574. The molecule has 0 unspecified atom stereocenters. The fourth-order valence-electron chi connectivity index (χ4n) is 1.04. The third kappa shape index (κ3) is 2.21. The van der Waals surface area contributed by atoms with Crippen molar-refractivity contribution in [2.75, 3.05) is 0 Å². The zero-order valence-electron chi connectivity index (χ0n) is 7.41. The molecule has 0 aromatic carbocycles. The van der Waals surface area contributed by atoms with Crippen LogP contribution in [0.2, 0.25) is 0 Å². The Hall–Kier alpha value is -1.52. The number of rotatable bonds is 3. The number of aromatic amines is 1. The van der Waals surface area contributed by atoms with E-state index in [1.807, 2.05) is 6.92 Å². The fraction of sp³-hybridized carbons (Fsp3) is 0.500. The van der Waals surface area contributed by atoms with E-state index in [0.717, 1.165) is 23.5 Å². The summed E-state index contributed by atoms with van der Waals surface area (Å²) >= 11 is 0. The molecular weight excluding hydrogens is 172 g/mol. The van der Waals surface area contributed by atoms with Crippen LogP contribution in [0.25, 0.3) is 0 Å². The second kappa shape index (κ2) is 3.93. The highest BCUT2D eigenvalue weighted by Gasteiger charge is 2.02. The standard InChI is InChI=1S/C8H12N2O3/c1-2-3-4-10-7(12)5-6(11)9-8(10)13/h5,12H,2-4H2,1H3,(H,9,11,13). The number of nitrogens with one attached hydrogen (secondary N) is 1. The molecule has 13 heavy (non-hydrogen) atoms. The number of H-pyrrole nitrogens is 1. The number of hydrogen-bond acceptors (Lipinski definition) is 3. The number of unbranched alkanes of at least 4 members (excludes halogenated alkanes) is 1. The van der Waals surface area contributed by atoms with E-state index in [0.29, 0.717) is 6.54 Å². The summed E-state index contributed by atoms with van der Waals surface area (Å²) in [5.74, 6) is -0.276. The first-order chi connectivity index (χ1) is 6.15. The predicted molar refractivity (Wildman–Crippen MR) is 47.9 cm³/mol. The largest absolute Gasteiger partial charge is 0.494 e. The lowest BCUT2D eigenvalue weighted by Crippen LogP contribution is -2.29. The predicted octanol–water partition coefficient (Wildman–Crippen LogP) is 0.0423. The Balaban J connectivity index is 3.07.